The molecule has 140 valence electrons. The molecule has 6 nitrogen and oxygen atoms in total. The molecule has 2 heterocycles. The number of para-hydroxylation sites is 1. The van der Waals surface area contributed by atoms with Crippen LogP contribution in [0.3, 0.4) is 0 Å². The van der Waals surface area contributed by atoms with E-state index in [2.05, 4.69) is 37.5 Å². The molecule has 8 heteroatoms. The minimum Gasteiger partial charge on any atom is -0.493 e. The van der Waals surface area contributed by atoms with Crippen molar-refractivity contribution in [2.45, 2.75) is 6.42 Å². The number of nitrogens with two attached hydrogens (primary N) is 1. The van der Waals surface area contributed by atoms with E-state index in [1.54, 1.807) is 17.1 Å². The summed E-state index contributed by atoms with van der Waals surface area (Å²) < 4.78 is 19.7. The largest absolute Gasteiger partial charge is 0.493 e. The van der Waals surface area contributed by atoms with Crippen LogP contribution in [0.5, 0.6) is 5.75 Å². The quantitative estimate of drug-likeness (QED) is 0.176. The SMILES string of the molecule is NN(CCc1ccccc1OCCI)c1cc(-c2ccc(F)nc2)ncn1. The summed E-state index contributed by atoms with van der Waals surface area (Å²) in [5.41, 5.74) is 2.43. The van der Waals surface area contributed by atoms with E-state index in [-0.39, 0.29) is 0 Å². The van der Waals surface area contributed by atoms with E-state index >= 15 is 0 Å². The van der Waals surface area contributed by atoms with Crippen molar-refractivity contribution < 1.29 is 9.13 Å². The number of alkyl halides is 1. The van der Waals surface area contributed by atoms with Crippen molar-refractivity contribution in [2.75, 3.05) is 22.6 Å². The molecular formula is C19H19FIN5O. The Morgan fingerprint density at radius 1 is 1.11 bits per heavy atom. The Morgan fingerprint density at radius 2 is 1.96 bits per heavy atom. The van der Waals surface area contributed by atoms with Crippen LogP contribution in [0.2, 0.25) is 0 Å². The molecule has 0 radical (unpaired) electrons. The van der Waals surface area contributed by atoms with E-state index in [1.807, 2.05) is 24.3 Å². The van der Waals surface area contributed by atoms with E-state index in [1.165, 1.54) is 18.6 Å². The van der Waals surface area contributed by atoms with Crippen LogP contribution in [-0.2, 0) is 6.42 Å². The lowest BCUT2D eigenvalue weighted by molar-refractivity contribution is 0.342. The Morgan fingerprint density at radius 3 is 2.74 bits per heavy atom. The molecular weight excluding hydrogens is 460 g/mol. The van der Waals surface area contributed by atoms with Crippen LogP contribution in [-0.4, -0.2) is 32.5 Å². The molecule has 0 fully saturated rings. The average molecular weight is 479 g/mol. The molecule has 0 spiro atoms. The van der Waals surface area contributed by atoms with Gasteiger partial charge in [0, 0.05) is 28.8 Å². The lowest BCUT2D eigenvalue weighted by Crippen LogP contribution is -2.33. The first-order valence-corrected chi connectivity index (χ1v) is 9.93. The average Bonchev–Trinajstić information content (AvgIpc) is 2.71. The summed E-state index contributed by atoms with van der Waals surface area (Å²) in [5.74, 6) is 7.12. The highest BCUT2D eigenvalue weighted by molar-refractivity contribution is 14.1. The van der Waals surface area contributed by atoms with Crippen LogP contribution in [0.25, 0.3) is 11.3 Å². The number of benzene rings is 1. The van der Waals surface area contributed by atoms with Gasteiger partial charge in [-0.1, -0.05) is 40.8 Å². The van der Waals surface area contributed by atoms with E-state index < -0.39 is 5.95 Å². The van der Waals surface area contributed by atoms with Gasteiger partial charge < -0.3 is 4.74 Å². The first-order chi connectivity index (χ1) is 13.2. The third-order valence-electron chi connectivity index (χ3n) is 3.90. The number of halogens is 2. The van der Waals surface area contributed by atoms with Gasteiger partial charge in [-0.05, 0) is 30.2 Å². The van der Waals surface area contributed by atoms with E-state index in [9.17, 15) is 4.39 Å². The zero-order chi connectivity index (χ0) is 19.1. The molecule has 0 aliphatic rings. The normalized spacial score (nSPS) is 10.6. The third kappa shape index (κ3) is 5.33. The number of pyridine rings is 1. The highest BCUT2D eigenvalue weighted by Gasteiger charge is 2.09. The van der Waals surface area contributed by atoms with Crippen LogP contribution in [0.1, 0.15) is 5.56 Å². The second kappa shape index (κ2) is 9.56. The van der Waals surface area contributed by atoms with Gasteiger partial charge in [0.15, 0.2) is 0 Å². The Kier molecular flexibility index (Phi) is 6.88. The summed E-state index contributed by atoms with van der Waals surface area (Å²) in [6, 6.07) is 12.6. The minimum absolute atomic E-state index is 0.531. The molecule has 2 N–H and O–H groups in total. The zero-order valence-electron chi connectivity index (χ0n) is 14.6. The van der Waals surface area contributed by atoms with Crippen molar-refractivity contribution >= 4 is 28.4 Å². The summed E-state index contributed by atoms with van der Waals surface area (Å²) in [5, 5.41) is 1.57. The standard InChI is InChI=1S/C19H19FIN5O/c20-18-6-5-15(12-23-18)16-11-19(25-13-24-16)26(22)9-7-14-3-1-2-4-17(14)27-10-8-21/h1-6,11-13H,7-10,22H2. The van der Waals surface area contributed by atoms with Gasteiger partial charge in [-0.2, -0.15) is 4.39 Å². The molecule has 0 saturated carbocycles. The maximum atomic E-state index is 13.0. The minimum atomic E-state index is -0.531. The second-order valence-electron chi connectivity index (χ2n) is 5.72. The van der Waals surface area contributed by atoms with Gasteiger partial charge >= 0.3 is 0 Å². The summed E-state index contributed by atoms with van der Waals surface area (Å²) in [4.78, 5) is 12.1. The summed E-state index contributed by atoms with van der Waals surface area (Å²) in [6.45, 7) is 1.23. The Labute approximate surface area is 170 Å². The maximum Gasteiger partial charge on any atom is 0.212 e. The second-order valence-corrected chi connectivity index (χ2v) is 6.80. The molecule has 1 aromatic carbocycles. The molecule has 0 unspecified atom stereocenters. The molecule has 0 aliphatic carbocycles. The molecule has 0 aliphatic heterocycles. The predicted octanol–water partition coefficient (Wildman–Crippen LogP) is 3.41. The van der Waals surface area contributed by atoms with Crippen molar-refractivity contribution in [1.29, 1.82) is 0 Å². The van der Waals surface area contributed by atoms with Crippen LogP contribution >= 0.6 is 22.6 Å². The van der Waals surface area contributed by atoms with E-state index in [4.69, 9.17) is 10.6 Å². The number of ether oxygens (including phenoxy) is 1. The van der Waals surface area contributed by atoms with Gasteiger partial charge in [0.1, 0.15) is 17.9 Å². The van der Waals surface area contributed by atoms with E-state index in [0.717, 1.165) is 15.7 Å². The number of hydrogen-bond donors (Lipinski definition) is 1. The molecule has 0 amide bonds. The molecule has 2 aromatic heterocycles. The Balaban J connectivity index is 1.69. The molecule has 0 saturated heterocycles. The van der Waals surface area contributed by atoms with Gasteiger partial charge in [0.2, 0.25) is 5.95 Å². The fourth-order valence-corrected chi connectivity index (χ4v) is 2.76. The Hall–Kier alpha value is -2.33. The van der Waals surface area contributed by atoms with Crippen molar-refractivity contribution in [3.8, 4) is 17.0 Å². The lowest BCUT2D eigenvalue weighted by atomic mass is 10.1. The first kappa shape index (κ1) is 19.4. The van der Waals surface area contributed by atoms with E-state index in [0.29, 0.717) is 36.6 Å². The number of nitrogens with zero attached hydrogens (tertiary/aromatic N) is 4. The van der Waals surface area contributed by atoms with Crippen LogP contribution in [0.15, 0.2) is 55.0 Å². The van der Waals surface area contributed by atoms with Crippen molar-refractivity contribution in [2.24, 2.45) is 5.84 Å². The zero-order valence-corrected chi connectivity index (χ0v) is 16.7. The predicted molar refractivity (Wildman–Crippen MR) is 111 cm³/mol. The van der Waals surface area contributed by atoms with Crippen molar-refractivity contribution in [3.05, 3.63) is 66.5 Å². The third-order valence-corrected chi connectivity index (χ3v) is 4.34. The van der Waals surface area contributed by atoms with Gasteiger partial charge in [-0.3, -0.25) is 5.01 Å². The maximum absolute atomic E-state index is 13.0. The van der Waals surface area contributed by atoms with Gasteiger partial charge in [-0.15, -0.1) is 0 Å². The smallest absolute Gasteiger partial charge is 0.212 e. The lowest BCUT2D eigenvalue weighted by Gasteiger charge is -2.19. The van der Waals surface area contributed by atoms with Crippen molar-refractivity contribution in [3.63, 3.8) is 0 Å². The number of aromatic nitrogens is 3. The van der Waals surface area contributed by atoms with Crippen LogP contribution < -0.4 is 15.6 Å². The number of rotatable bonds is 8. The Bertz CT molecular complexity index is 878. The van der Waals surface area contributed by atoms with Crippen molar-refractivity contribution in [1.82, 2.24) is 15.0 Å². The van der Waals surface area contributed by atoms with Gasteiger partial charge in [0.25, 0.3) is 0 Å². The molecule has 27 heavy (non-hydrogen) atoms. The fourth-order valence-electron chi connectivity index (χ4n) is 2.54. The summed E-state index contributed by atoms with van der Waals surface area (Å²) in [7, 11) is 0. The first-order valence-electron chi connectivity index (χ1n) is 8.40. The molecule has 3 rings (SSSR count). The number of hydrazine groups is 1. The highest BCUT2D eigenvalue weighted by atomic mass is 127. The molecule has 0 bridgehead atoms. The summed E-state index contributed by atoms with van der Waals surface area (Å²) >= 11 is 2.28. The molecule has 3 aromatic rings. The highest BCUT2D eigenvalue weighted by Crippen LogP contribution is 2.21. The van der Waals surface area contributed by atoms with Crippen LogP contribution in [0.4, 0.5) is 10.2 Å². The number of hydrogen-bond acceptors (Lipinski definition) is 6. The topological polar surface area (TPSA) is 77.2 Å². The summed E-state index contributed by atoms with van der Waals surface area (Å²) in [6.07, 6.45) is 3.58. The monoisotopic (exact) mass is 479 g/mol. The fraction of sp³-hybridized carbons (Fsp3) is 0.211. The van der Waals surface area contributed by atoms with Gasteiger partial charge in [0.05, 0.1) is 12.3 Å². The number of anilines is 1. The van der Waals surface area contributed by atoms with Crippen LogP contribution in [0, 0.1) is 5.95 Å². The van der Waals surface area contributed by atoms with Gasteiger partial charge in [-0.25, -0.2) is 20.8 Å². The molecule has 0 atom stereocenters.